The Labute approximate surface area is 75.7 Å². The van der Waals surface area contributed by atoms with Gasteiger partial charge < -0.3 is 0 Å². The molecule has 0 radical (unpaired) electrons. The summed E-state index contributed by atoms with van der Waals surface area (Å²) < 4.78 is 0. The van der Waals surface area contributed by atoms with Gasteiger partial charge in [-0.05, 0) is 24.7 Å². The van der Waals surface area contributed by atoms with Gasteiger partial charge in [-0.15, -0.1) is 6.58 Å². The van der Waals surface area contributed by atoms with Crippen LogP contribution in [-0.2, 0) is 0 Å². The second kappa shape index (κ2) is 3.30. The molecular weight excluding hydrogens is 144 g/mol. The Morgan fingerprint density at radius 3 is 2.75 bits per heavy atom. The van der Waals surface area contributed by atoms with Crippen molar-refractivity contribution in [2.24, 2.45) is 5.41 Å². The molecule has 0 saturated carbocycles. The van der Waals surface area contributed by atoms with Gasteiger partial charge in [-0.2, -0.15) is 0 Å². The van der Waals surface area contributed by atoms with Crippen molar-refractivity contribution in [1.82, 2.24) is 0 Å². The Balaban J connectivity index is 2.79. The molecule has 0 fully saturated rings. The van der Waals surface area contributed by atoms with E-state index in [-0.39, 0.29) is 0 Å². The normalized spacial score (nSPS) is 21.8. The zero-order valence-corrected chi connectivity index (χ0v) is 8.19. The summed E-state index contributed by atoms with van der Waals surface area (Å²) in [5.41, 5.74) is 3.15. The molecule has 12 heavy (non-hydrogen) atoms. The quantitative estimate of drug-likeness (QED) is 0.541. The number of hydrogen-bond acceptors (Lipinski definition) is 0. The maximum absolute atomic E-state index is 4.07. The molecule has 0 heterocycles. The van der Waals surface area contributed by atoms with Gasteiger partial charge in [0, 0.05) is 0 Å². The van der Waals surface area contributed by atoms with Crippen molar-refractivity contribution >= 4 is 0 Å². The first-order chi connectivity index (χ1) is 5.53. The van der Waals surface area contributed by atoms with Crippen LogP contribution in [0.2, 0.25) is 0 Å². The van der Waals surface area contributed by atoms with Crippen LogP contribution in [-0.4, -0.2) is 0 Å². The maximum Gasteiger partial charge on any atom is -0.0108 e. The maximum atomic E-state index is 4.07. The highest BCUT2D eigenvalue weighted by molar-refractivity contribution is 5.24. The van der Waals surface area contributed by atoms with Gasteiger partial charge in [-0.3, -0.25) is 0 Å². The Morgan fingerprint density at radius 2 is 2.25 bits per heavy atom. The summed E-state index contributed by atoms with van der Waals surface area (Å²) in [4.78, 5) is 0. The lowest BCUT2D eigenvalue weighted by molar-refractivity contribution is 0.451. The molecule has 0 saturated heterocycles. The summed E-state index contributed by atoms with van der Waals surface area (Å²) in [6, 6.07) is 0. The van der Waals surface area contributed by atoms with Crippen molar-refractivity contribution in [3.8, 4) is 0 Å². The van der Waals surface area contributed by atoms with Gasteiger partial charge in [0.15, 0.2) is 0 Å². The minimum absolute atomic E-state index is 0.313. The molecule has 0 aromatic carbocycles. The van der Waals surface area contributed by atoms with Gasteiger partial charge >= 0.3 is 0 Å². The van der Waals surface area contributed by atoms with Crippen LogP contribution in [0.15, 0.2) is 36.5 Å². The van der Waals surface area contributed by atoms with E-state index in [2.05, 4.69) is 33.1 Å². The molecular formula is C12H18. The molecule has 0 spiro atoms. The fourth-order valence-corrected chi connectivity index (χ4v) is 2.00. The monoisotopic (exact) mass is 162 g/mol. The Bertz CT molecular complexity index is 228. The fourth-order valence-electron chi connectivity index (χ4n) is 2.00. The van der Waals surface area contributed by atoms with Crippen LogP contribution in [0.3, 0.4) is 0 Å². The van der Waals surface area contributed by atoms with Gasteiger partial charge in [0.25, 0.3) is 0 Å². The first-order valence-electron chi connectivity index (χ1n) is 4.52. The standard InChI is InChI=1S/C12H18/c1-5-6-11-7-10(2)8-12(3,4)9-11/h5,9H,1-2,6-8H2,3-4H3. The van der Waals surface area contributed by atoms with E-state index in [0.29, 0.717) is 5.41 Å². The van der Waals surface area contributed by atoms with E-state index < -0.39 is 0 Å². The summed E-state index contributed by atoms with van der Waals surface area (Å²) in [6.07, 6.45) is 7.58. The minimum Gasteiger partial charge on any atom is -0.103 e. The second-order valence-electron chi connectivity index (χ2n) is 4.39. The molecule has 1 rings (SSSR count). The van der Waals surface area contributed by atoms with E-state index in [1.54, 1.807) is 0 Å². The van der Waals surface area contributed by atoms with Crippen molar-refractivity contribution in [2.75, 3.05) is 0 Å². The summed E-state index contributed by atoms with van der Waals surface area (Å²) in [5, 5.41) is 0. The highest BCUT2D eigenvalue weighted by atomic mass is 14.3. The molecule has 0 amide bonds. The molecule has 66 valence electrons. The SMILES string of the molecule is C=CCC1=CC(C)(C)CC(=C)C1. The van der Waals surface area contributed by atoms with Crippen LogP contribution in [0, 0.1) is 5.41 Å². The van der Waals surface area contributed by atoms with Crippen molar-refractivity contribution in [1.29, 1.82) is 0 Å². The molecule has 0 bridgehead atoms. The zero-order chi connectivity index (χ0) is 9.19. The predicted octanol–water partition coefficient (Wildman–Crippen LogP) is 3.87. The van der Waals surface area contributed by atoms with Gasteiger partial charge in [-0.25, -0.2) is 0 Å². The Hall–Kier alpha value is -0.780. The van der Waals surface area contributed by atoms with Gasteiger partial charge in [-0.1, -0.05) is 43.7 Å². The van der Waals surface area contributed by atoms with E-state index in [1.165, 1.54) is 11.1 Å². The molecule has 1 aliphatic carbocycles. The Morgan fingerprint density at radius 1 is 1.58 bits per heavy atom. The van der Waals surface area contributed by atoms with E-state index in [1.807, 2.05) is 6.08 Å². The third-order valence-electron chi connectivity index (χ3n) is 2.18. The highest BCUT2D eigenvalue weighted by Crippen LogP contribution is 2.36. The van der Waals surface area contributed by atoms with Crippen molar-refractivity contribution in [2.45, 2.75) is 33.1 Å². The van der Waals surface area contributed by atoms with E-state index >= 15 is 0 Å². The van der Waals surface area contributed by atoms with Crippen LogP contribution in [0.5, 0.6) is 0 Å². The van der Waals surface area contributed by atoms with Gasteiger partial charge in [0.2, 0.25) is 0 Å². The van der Waals surface area contributed by atoms with Crippen LogP contribution in [0.25, 0.3) is 0 Å². The number of rotatable bonds is 2. The average Bonchev–Trinajstić information content (AvgIpc) is 1.82. The Kier molecular flexibility index (Phi) is 2.56. The van der Waals surface area contributed by atoms with Crippen LogP contribution in [0.4, 0.5) is 0 Å². The summed E-state index contributed by atoms with van der Waals surface area (Å²) in [6.45, 7) is 12.4. The van der Waals surface area contributed by atoms with Crippen molar-refractivity contribution in [3.63, 3.8) is 0 Å². The smallest absolute Gasteiger partial charge is 0.0108 e. The van der Waals surface area contributed by atoms with Crippen LogP contribution >= 0.6 is 0 Å². The molecule has 0 atom stereocenters. The van der Waals surface area contributed by atoms with E-state index in [9.17, 15) is 0 Å². The van der Waals surface area contributed by atoms with Crippen LogP contribution in [0.1, 0.15) is 33.1 Å². The van der Waals surface area contributed by atoms with Gasteiger partial charge in [0.1, 0.15) is 0 Å². The summed E-state index contributed by atoms with van der Waals surface area (Å²) >= 11 is 0. The van der Waals surface area contributed by atoms with Gasteiger partial charge in [0.05, 0.1) is 0 Å². The fraction of sp³-hybridized carbons (Fsp3) is 0.500. The van der Waals surface area contributed by atoms with E-state index in [0.717, 1.165) is 19.3 Å². The molecule has 0 unspecified atom stereocenters. The lowest BCUT2D eigenvalue weighted by atomic mass is 9.77. The number of hydrogen-bond donors (Lipinski definition) is 0. The highest BCUT2D eigenvalue weighted by Gasteiger charge is 2.21. The topological polar surface area (TPSA) is 0 Å². The van der Waals surface area contributed by atoms with Crippen molar-refractivity contribution < 1.29 is 0 Å². The molecule has 0 heteroatoms. The third-order valence-corrected chi connectivity index (χ3v) is 2.18. The molecule has 0 aromatic rings. The minimum atomic E-state index is 0.313. The first-order valence-corrected chi connectivity index (χ1v) is 4.52. The van der Waals surface area contributed by atoms with E-state index in [4.69, 9.17) is 0 Å². The zero-order valence-electron chi connectivity index (χ0n) is 8.19. The molecule has 0 aliphatic heterocycles. The largest absolute Gasteiger partial charge is 0.103 e. The molecule has 0 nitrogen and oxygen atoms in total. The predicted molar refractivity (Wildman–Crippen MR) is 55.1 cm³/mol. The molecule has 0 aromatic heterocycles. The van der Waals surface area contributed by atoms with Crippen molar-refractivity contribution in [3.05, 3.63) is 36.5 Å². The lowest BCUT2D eigenvalue weighted by Gasteiger charge is -2.28. The molecule has 1 aliphatic rings. The van der Waals surface area contributed by atoms with Crippen LogP contribution < -0.4 is 0 Å². The first kappa shape index (κ1) is 9.31. The third kappa shape index (κ3) is 2.37. The number of allylic oxidation sites excluding steroid dienone is 4. The average molecular weight is 162 g/mol. The second-order valence-corrected chi connectivity index (χ2v) is 4.39. The molecule has 0 N–H and O–H groups in total. The lowest BCUT2D eigenvalue weighted by Crippen LogP contribution is -2.14. The summed E-state index contributed by atoms with van der Waals surface area (Å²) in [7, 11) is 0. The summed E-state index contributed by atoms with van der Waals surface area (Å²) in [5.74, 6) is 0.